The highest BCUT2D eigenvalue weighted by molar-refractivity contribution is 8.21. The van der Waals surface area contributed by atoms with Crippen LogP contribution in [0.4, 0.5) is 11.4 Å². The number of hydrogen-bond donors (Lipinski definition) is 1. The SMILES string of the molecule is C=C1C(=O)N(c2cc(C)c(C)c(OC)c2)[C@H]1c1ccc(C)c(O)c1.C=C1C(=O)N(c2cc(C)c(C)c(OC)c2)[C@H]1c1ccc(C)c(OS(=O)(=O)c2ccc(OC)c(OC)c2)c1.Cc1ccc(SCl)cc1C.O.O. The Bertz CT molecular complexity index is 3190. The molecule has 0 bridgehead atoms. The maximum Gasteiger partial charge on any atom is 0.339 e. The van der Waals surface area contributed by atoms with Crippen LogP contribution < -0.4 is 32.9 Å². The van der Waals surface area contributed by atoms with Gasteiger partial charge in [0.2, 0.25) is 0 Å². The molecule has 0 spiro atoms. The topological polar surface area (TPSA) is 204 Å². The number of benzene rings is 6. The van der Waals surface area contributed by atoms with Crippen molar-refractivity contribution in [2.24, 2.45) is 0 Å². The molecule has 6 aromatic rings. The number of rotatable bonds is 12. The number of phenolic OH excluding ortho intramolecular Hbond substituents is 1. The van der Waals surface area contributed by atoms with Crippen molar-refractivity contribution in [3.8, 4) is 34.5 Å². The Kier molecular flexibility index (Phi) is 19.4. The summed E-state index contributed by atoms with van der Waals surface area (Å²) in [7, 11) is 8.74. The van der Waals surface area contributed by atoms with Crippen LogP contribution >= 0.6 is 21.7 Å². The molecule has 2 atom stereocenters. The summed E-state index contributed by atoms with van der Waals surface area (Å²) in [6, 6.07) is 27.9. The molecular weight excluding hydrogens is 992 g/mol. The number of phenols is 1. The third-order valence-electron chi connectivity index (χ3n) is 12.9. The van der Waals surface area contributed by atoms with Gasteiger partial charge in [0, 0.05) is 45.6 Å². The summed E-state index contributed by atoms with van der Waals surface area (Å²) >= 11 is 0. The van der Waals surface area contributed by atoms with Gasteiger partial charge in [0.05, 0.1) is 40.5 Å². The first-order valence-corrected chi connectivity index (χ1v) is 25.4. The summed E-state index contributed by atoms with van der Waals surface area (Å²) in [4.78, 5) is 29.6. The van der Waals surface area contributed by atoms with Gasteiger partial charge < -0.3 is 39.2 Å². The predicted molar refractivity (Wildman–Crippen MR) is 290 cm³/mol. The monoisotopic (exact) mass is 1050 g/mol. The zero-order valence-electron chi connectivity index (χ0n) is 43.0. The van der Waals surface area contributed by atoms with E-state index in [0.717, 1.165) is 49.7 Å². The molecule has 2 fully saturated rings. The van der Waals surface area contributed by atoms with Crippen molar-refractivity contribution in [2.45, 2.75) is 77.3 Å². The number of aromatic hydroxyl groups is 1. The molecular formula is C56H63ClN2O12S2. The van der Waals surface area contributed by atoms with Crippen LogP contribution in [-0.2, 0) is 19.7 Å². The number of methoxy groups -OCH3 is 4. The molecule has 5 N–H and O–H groups in total. The lowest BCUT2D eigenvalue weighted by Crippen LogP contribution is -2.48. The number of carbonyl (C=O) groups is 2. The molecule has 388 valence electrons. The molecule has 2 amide bonds. The Morgan fingerprint density at radius 2 is 0.986 bits per heavy atom. The number of amides is 2. The van der Waals surface area contributed by atoms with E-state index < -0.39 is 16.2 Å². The van der Waals surface area contributed by atoms with Crippen molar-refractivity contribution in [1.82, 2.24) is 0 Å². The molecule has 0 saturated carbocycles. The van der Waals surface area contributed by atoms with Gasteiger partial charge in [-0.25, -0.2) is 0 Å². The molecule has 8 rings (SSSR count). The fraction of sp³-hybridized carbons (Fsp3) is 0.250. The van der Waals surface area contributed by atoms with Gasteiger partial charge in [0.25, 0.3) is 11.8 Å². The molecule has 0 aromatic heterocycles. The molecule has 6 aromatic carbocycles. The van der Waals surface area contributed by atoms with Crippen LogP contribution in [0.3, 0.4) is 0 Å². The van der Waals surface area contributed by atoms with Crippen molar-refractivity contribution in [3.05, 3.63) is 177 Å². The van der Waals surface area contributed by atoms with Crippen molar-refractivity contribution in [3.63, 3.8) is 0 Å². The van der Waals surface area contributed by atoms with Gasteiger partial charge >= 0.3 is 10.1 Å². The standard InChI is InChI=1S/C28H29NO7S.C20H21NO3.C8H9ClS.2H2O/c1-16-8-9-20(13-24(16)36-37(31,32)22-10-11-23(33-5)26(15-22)35-7)27-19(4)28(30)29(27)21-12-17(2)18(3)25(14-21)34-6;1-11-6-7-15(9-17(11)22)19-14(4)20(23)21(19)16-8-12(2)13(3)18(10-16)24-5;1-6-3-4-8(10-9)5-7(6)2;;/h8-15,27H,4H2,1-3,5-7H3;6-10,19,22H,4H2,1-3,5H3;3-5H,1-2H3;2*1H2/t27-;19-;;;/m11.../s1. The minimum atomic E-state index is -4.19. The molecule has 0 aliphatic carbocycles. The summed E-state index contributed by atoms with van der Waals surface area (Å²) in [5.74, 6) is 2.14. The Labute approximate surface area is 437 Å². The number of β-lactam (4-membered cyclic amide) rings is 2. The molecule has 2 saturated heterocycles. The third kappa shape index (κ3) is 12.1. The van der Waals surface area contributed by atoms with Crippen molar-refractivity contribution in [1.29, 1.82) is 0 Å². The minimum absolute atomic E-state index is 0. The Morgan fingerprint density at radius 1 is 0.521 bits per heavy atom. The van der Waals surface area contributed by atoms with E-state index in [2.05, 4.69) is 39.1 Å². The molecule has 0 unspecified atom stereocenters. The number of ether oxygens (including phenoxy) is 4. The van der Waals surface area contributed by atoms with E-state index in [4.69, 9.17) is 33.8 Å². The van der Waals surface area contributed by atoms with Gasteiger partial charge in [0.15, 0.2) is 11.5 Å². The molecule has 17 heteroatoms. The summed E-state index contributed by atoms with van der Waals surface area (Å²) in [6.45, 7) is 23.5. The third-order valence-corrected chi connectivity index (χ3v) is 15.1. The highest BCUT2D eigenvalue weighted by atomic mass is 35.7. The number of anilines is 2. The quantitative estimate of drug-likeness (QED) is 0.0693. The fourth-order valence-corrected chi connectivity index (χ4v) is 9.71. The number of aryl methyl sites for hydroxylation is 6. The summed E-state index contributed by atoms with van der Waals surface area (Å²) in [5.41, 5.74) is 12.0. The van der Waals surface area contributed by atoms with Crippen LogP contribution in [0, 0.1) is 55.4 Å². The smallest absolute Gasteiger partial charge is 0.339 e. The molecule has 0 radical (unpaired) electrons. The van der Waals surface area contributed by atoms with E-state index in [0.29, 0.717) is 39.5 Å². The van der Waals surface area contributed by atoms with E-state index in [-0.39, 0.29) is 51.0 Å². The minimum Gasteiger partial charge on any atom is -0.508 e. The predicted octanol–water partition coefficient (Wildman–Crippen LogP) is 10.9. The lowest BCUT2D eigenvalue weighted by molar-refractivity contribution is -0.119. The zero-order valence-corrected chi connectivity index (χ0v) is 45.4. The van der Waals surface area contributed by atoms with E-state index in [1.165, 1.54) is 54.5 Å². The first kappa shape index (κ1) is 58.6. The van der Waals surface area contributed by atoms with Gasteiger partial charge in [-0.05, 0) is 181 Å². The van der Waals surface area contributed by atoms with Crippen LogP contribution in [0.5, 0.6) is 34.5 Å². The lowest BCUT2D eigenvalue weighted by atomic mass is 9.87. The summed E-state index contributed by atoms with van der Waals surface area (Å²) < 4.78 is 53.1. The van der Waals surface area contributed by atoms with Crippen LogP contribution in [0.1, 0.15) is 67.7 Å². The van der Waals surface area contributed by atoms with Gasteiger partial charge in [-0.3, -0.25) is 19.4 Å². The first-order valence-electron chi connectivity index (χ1n) is 22.4. The largest absolute Gasteiger partial charge is 0.508 e. The molecule has 2 aliphatic heterocycles. The van der Waals surface area contributed by atoms with E-state index in [9.17, 15) is 23.1 Å². The van der Waals surface area contributed by atoms with E-state index >= 15 is 0 Å². The summed E-state index contributed by atoms with van der Waals surface area (Å²) in [5, 5.41) is 9.99. The molecule has 14 nitrogen and oxygen atoms in total. The maximum absolute atomic E-state index is 13.1. The molecule has 2 aliphatic rings. The van der Waals surface area contributed by atoms with Crippen LogP contribution in [0.15, 0.2) is 131 Å². The first-order chi connectivity index (χ1) is 33.6. The van der Waals surface area contributed by atoms with Gasteiger partial charge in [-0.2, -0.15) is 8.42 Å². The maximum atomic E-state index is 13.1. The van der Waals surface area contributed by atoms with Crippen LogP contribution in [0.25, 0.3) is 0 Å². The number of carbonyl (C=O) groups excluding carboxylic acids is 2. The average molecular weight is 1060 g/mol. The summed E-state index contributed by atoms with van der Waals surface area (Å²) in [6.07, 6.45) is 0. The highest BCUT2D eigenvalue weighted by Crippen LogP contribution is 2.47. The highest BCUT2D eigenvalue weighted by Gasteiger charge is 2.44. The van der Waals surface area contributed by atoms with Crippen LogP contribution in [0.2, 0.25) is 0 Å². The Morgan fingerprint density at radius 3 is 1.44 bits per heavy atom. The fourth-order valence-electron chi connectivity index (χ4n) is 8.08. The molecule has 73 heavy (non-hydrogen) atoms. The van der Waals surface area contributed by atoms with Crippen molar-refractivity contribution in [2.75, 3.05) is 38.2 Å². The second kappa shape index (κ2) is 24.2. The lowest BCUT2D eigenvalue weighted by Gasteiger charge is -2.43. The number of nitrogens with zero attached hydrogens (tertiary/aromatic N) is 2. The normalized spacial score (nSPS) is 14.7. The average Bonchev–Trinajstić information content (AvgIpc) is 3.36. The second-order valence-electron chi connectivity index (χ2n) is 17.3. The van der Waals surface area contributed by atoms with Crippen molar-refractivity contribution < 1.29 is 57.2 Å². The van der Waals surface area contributed by atoms with Crippen LogP contribution in [-0.4, -0.2) is 64.7 Å². The zero-order chi connectivity index (χ0) is 52.2. The van der Waals surface area contributed by atoms with Crippen molar-refractivity contribution >= 4 is 55.0 Å². The second-order valence-corrected chi connectivity index (χ2v) is 20.0. The molecule has 2 heterocycles. The van der Waals surface area contributed by atoms with E-state index in [1.807, 2.05) is 83.1 Å². The number of hydrogen-bond acceptors (Lipinski definition) is 11. The van der Waals surface area contributed by atoms with Gasteiger partial charge in [-0.1, -0.05) is 43.5 Å². The van der Waals surface area contributed by atoms with Gasteiger partial charge in [-0.15, -0.1) is 0 Å². The number of halogens is 1. The van der Waals surface area contributed by atoms with Gasteiger partial charge in [0.1, 0.15) is 27.9 Å². The Balaban J connectivity index is 0.000000274. The Hall–Kier alpha value is -6.95. The van der Waals surface area contributed by atoms with E-state index in [1.54, 1.807) is 49.1 Å².